The molecule has 2 heterocycles. The molecule has 2 bridgehead atoms. The van der Waals surface area contributed by atoms with Crippen molar-refractivity contribution in [2.75, 3.05) is 20.7 Å². The Morgan fingerprint density at radius 1 is 1.38 bits per heavy atom. The number of oxime groups is 1. The summed E-state index contributed by atoms with van der Waals surface area (Å²) in [6.07, 6.45) is 2.32. The summed E-state index contributed by atoms with van der Waals surface area (Å²) < 4.78 is 11.8. The van der Waals surface area contributed by atoms with Crippen LogP contribution in [0.1, 0.15) is 30.4 Å². The van der Waals surface area contributed by atoms with E-state index >= 15 is 0 Å². The van der Waals surface area contributed by atoms with Crippen molar-refractivity contribution in [1.29, 1.82) is 0 Å². The number of hydrogen-bond donors (Lipinski definition) is 2. The number of ether oxygens (including phenoxy) is 2. The van der Waals surface area contributed by atoms with E-state index in [-0.39, 0.29) is 6.04 Å². The number of hydrogen-bond acceptors (Lipinski definition) is 6. The first-order chi connectivity index (χ1) is 11.6. The Bertz CT molecular complexity index is 764. The SMILES string of the molecule is COc1ccc2c3c1O[C@H]1/C(=N/O)CC[C@@]4(O)C(C2)N(C)CC[C@]314. The molecule has 1 spiro atoms. The minimum atomic E-state index is -0.872. The van der Waals surface area contributed by atoms with Gasteiger partial charge in [-0.1, -0.05) is 11.2 Å². The molecule has 1 unspecified atom stereocenters. The Hall–Kier alpha value is -1.79. The van der Waals surface area contributed by atoms with E-state index in [4.69, 9.17) is 9.47 Å². The summed E-state index contributed by atoms with van der Waals surface area (Å²) in [5.41, 5.74) is 1.52. The number of benzene rings is 1. The van der Waals surface area contributed by atoms with E-state index < -0.39 is 17.1 Å². The average molecular weight is 330 g/mol. The Morgan fingerprint density at radius 3 is 2.96 bits per heavy atom. The van der Waals surface area contributed by atoms with E-state index in [1.807, 2.05) is 6.07 Å². The molecule has 4 atom stereocenters. The van der Waals surface area contributed by atoms with Crippen molar-refractivity contribution >= 4 is 5.71 Å². The van der Waals surface area contributed by atoms with E-state index in [0.29, 0.717) is 24.3 Å². The minimum absolute atomic E-state index is 0.0597. The van der Waals surface area contributed by atoms with Crippen LogP contribution in [0.15, 0.2) is 17.3 Å². The predicted molar refractivity (Wildman–Crippen MR) is 87.2 cm³/mol. The minimum Gasteiger partial charge on any atom is -0.493 e. The fraction of sp³-hybridized carbons (Fsp3) is 0.611. The summed E-state index contributed by atoms with van der Waals surface area (Å²) in [7, 11) is 3.72. The molecule has 2 aliphatic heterocycles. The molecule has 2 fully saturated rings. The number of likely N-dealkylation sites (tertiary alicyclic amines) is 1. The highest BCUT2D eigenvalue weighted by Gasteiger charge is 2.72. The van der Waals surface area contributed by atoms with Gasteiger partial charge in [-0.2, -0.15) is 0 Å². The summed E-state index contributed by atoms with van der Waals surface area (Å²) in [4.78, 5) is 2.27. The molecule has 128 valence electrons. The van der Waals surface area contributed by atoms with Crippen molar-refractivity contribution in [3.8, 4) is 11.5 Å². The van der Waals surface area contributed by atoms with Gasteiger partial charge in [0.2, 0.25) is 0 Å². The lowest BCUT2D eigenvalue weighted by Crippen LogP contribution is -2.76. The molecule has 2 aliphatic carbocycles. The zero-order valence-electron chi connectivity index (χ0n) is 14.0. The fourth-order valence-corrected chi connectivity index (χ4v) is 5.80. The molecule has 4 aliphatic rings. The average Bonchev–Trinajstić information content (AvgIpc) is 2.93. The van der Waals surface area contributed by atoms with Crippen LogP contribution in [0.2, 0.25) is 0 Å². The van der Waals surface area contributed by atoms with Crippen LogP contribution in [0.4, 0.5) is 0 Å². The smallest absolute Gasteiger partial charge is 0.166 e. The summed E-state index contributed by atoms with van der Waals surface area (Å²) in [5, 5.41) is 24.9. The van der Waals surface area contributed by atoms with E-state index in [1.54, 1.807) is 7.11 Å². The first-order valence-corrected chi connectivity index (χ1v) is 8.57. The van der Waals surface area contributed by atoms with Gasteiger partial charge in [-0.05, 0) is 50.9 Å². The molecule has 1 saturated heterocycles. The highest BCUT2D eigenvalue weighted by atomic mass is 16.5. The summed E-state index contributed by atoms with van der Waals surface area (Å²) in [5.74, 6) is 1.42. The van der Waals surface area contributed by atoms with Gasteiger partial charge in [0.05, 0.1) is 23.8 Å². The second-order valence-electron chi connectivity index (χ2n) is 7.57. The van der Waals surface area contributed by atoms with Gasteiger partial charge in [0.25, 0.3) is 0 Å². The van der Waals surface area contributed by atoms with E-state index in [0.717, 1.165) is 30.7 Å². The van der Waals surface area contributed by atoms with Gasteiger partial charge in [-0.3, -0.25) is 0 Å². The predicted octanol–water partition coefficient (Wildman–Crippen LogP) is 1.31. The molecule has 6 nitrogen and oxygen atoms in total. The van der Waals surface area contributed by atoms with Crippen LogP contribution in [-0.4, -0.2) is 59.4 Å². The van der Waals surface area contributed by atoms with Crippen LogP contribution in [-0.2, 0) is 11.8 Å². The Morgan fingerprint density at radius 2 is 2.21 bits per heavy atom. The zero-order valence-corrected chi connectivity index (χ0v) is 14.0. The molecule has 1 aromatic rings. The fourth-order valence-electron chi connectivity index (χ4n) is 5.80. The van der Waals surface area contributed by atoms with E-state index in [2.05, 4.69) is 23.2 Å². The van der Waals surface area contributed by atoms with Gasteiger partial charge in [0.15, 0.2) is 17.6 Å². The van der Waals surface area contributed by atoms with Crippen molar-refractivity contribution < 1.29 is 19.8 Å². The summed E-state index contributed by atoms with van der Waals surface area (Å²) in [6.45, 7) is 0.891. The van der Waals surface area contributed by atoms with Crippen molar-refractivity contribution in [2.24, 2.45) is 5.16 Å². The maximum atomic E-state index is 11.9. The molecule has 2 N–H and O–H groups in total. The van der Waals surface area contributed by atoms with Gasteiger partial charge in [0, 0.05) is 11.6 Å². The van der Waals surface area contributed by atoms with Crippen LogP contribution in [0.5, 0.6) is 11.5 Å². The molecular weight excluding hydrogens is 308 g/mol. The number of likely N-dealkylation sites (N-methyl/N-ethyl adjacent to an activating group) is 1. The standard InChI is InChI=1S/C18H22N2O4/c1-20-8-7-17-14-10-3-4-12(23-2)15(14)24-16(17)11(19-22)5-6-18(17,21)13(20)9-10/h3-4,13,16,21-22H,5-9H2,1-2H3/b19-11+/t13?,16-,17-,18+/m0/s1. The molecule has 0 radical (unpaired) electrons. The highest BCUT2D eigenvalue weighted by molar-refractivity contribution is 5.94. The van der Waals surface area contributed by atoms with Gasteiger partial charge >= 0.3 is 0 Å². The number of piperidine rings is 1. The lowest BCUT2D eigenvalue weighted by molar-refractivity contribution is -0.161. The zero-order chi connectivity index (χ0) is 16.7. The van der Waals surface area contributed by atoms with Crippen molar-refractivity contribution in [1.82, 2.24) is 4.90 Å². The monoisotopic (exact) mass is 330 g/mol. The lowest BCUT2D eigenvalue weighted by atomic mass is 9.49. The number of nitrogens with zero attached hydrogens (tertiary/aromatic N) is 2. The molecular formula is C18H22N2O4. The molecule has 1 aromatic carbocycles. The first kappa shape index (κ1) is 14.5. The van der Waals surface area contributed by atoms with E-state index in [9.17, 15) is 10.3 Å². The number of methoxy groups -OCH3 is 1. The quantitative estimate of drug-likeness (QED) is 0.600. The second kappa shape index (κ2) is 4.43. The molecule has 24 heavy (non-hydrogen) atoms. The van der Waals surface area contributed by atoms with Gasteiger partial charge in [0.1, 0.15) is 0 Å². The third-order valence-electron chi connectivity index (χ3n) is 6.88. The second-order valence-corrected chi connectivity index (χ2v) is 7.57. The molecule has 0 amide bonds. The third-order valence-corrected chi connectivity index (χ3v) is 6.88. The van der Waals surface area contributed by atoms with Crippen LogP contribution in [0.3, 0.4) is 0 Å². The molecule has 6 heteroatoms. The van der Waals surface area contributed by atoms with Gasteiger partial charge < -0.3 is 24.7 Å². The van der Waals surface area contributed by atoms with Gasteiger partial charge in [-0.15, -0.1) is 0 Å². The maximum Gasteiger partial charge on any atom is 0.166 e. The molecule has 1 saturated carbocycles. The summed E-state index contributed by atoms with van der Waals surface area (Å²) >= 11 is 0. The van der Waals surface area contributed by atoms with Crippen molar-refractivity contribution in [2.45, 2.75) is 48.8 Å². The lowest BCUT2D eigenvalue weighted by Gasteiger charge is -2.62. The van der Waals surface area contributed by atoms with Crippen LogP contribution >= 0.6 is 0 Å². The normalized spacial score (nSPS) is 41.0. The van der Waals surface area contributed by atoms with Crippen molar-refractivity contribution in [3.63, 3.8) is 0 Å². The van der Waals surface area contributed by atoms with Crippen molar-refractivity contribution in [3.05, 3.63) is 23.3 Å². The highest BCUT2D eigenvalue weighted by Crippen LogP contribution is 2.64. The topological polar surface area (TPSA) is 74.5 Å². The Labute approximate surface area is 140 Å². The Balaban J connectivity index is 1.85. The molecule has 0 aromatic heterocycles. The van der Waals surface area contributed by atoms with Crippen LogP contribution < -0.4 is 9.47 Å². The maximum absolute atomic E-state index is 11.9. The third kappa shape index (κ3) is 1.35. The van der Waals surface area contributed by atoms with Gasteiger partial charge in [-0.25, -0.2) is 0 Å². The summed E-state index contributed by atoms with van der Waals surface area (Å²) in [6, 6.07) is 4.10. The van der Waals surface area contributed by atoms with Crippen LogP contribution in [0.25, 0.3) is 0 Å². The number of aliphatic hydroxyl groups is 1. The largest absolute Gasteiger partial charge is 0.493 e. The molecule has 5 rings (SSSR count). The Kier molecular flexibility index (Phi) is 2.69. The number of rotatable bonds is 1. The first-order valence-electron chi connectivity index (χ1n) is 8.57. The van der Waals surface area contributed by atoms with E-state index in [1.165, 1.54) is 5.56 Å². The van der Waals surface area contributed by atoms with Crippen LogP contribution in [0, 0.1) is 0 Å².